The van der Waals surface area contributed by atoms with E-state index in [9.17, 15) is 0 Å². The Balaban J connectivity index is 1.96. The van der Waals surface area contributed by atoms with E-state index in [4.69, 9.17) is 4.98 Å². The first-order valence-corrected chi connectivity index (χ1v) is 9.58. The number of hydrogen-bond donors (Lipinski definition) is 0. The Hall–Kier alpha value is -3.13. The maximum atomic E-state index is 5.10. The van der Waals surface area contributed by atoms with Crippen molar-refractivity contribution in [3.8, 4) is 11.4 Å². The van der Waals surface area contributed by atoms with Crippen LogP contribution in [-0.2, 0) is 6.54 Å². The molecule has 2 heteroatoms. The second-order valence-electron chi connectivity index (χ2n) is 7.62. The van der Waals surface area contributed by atoms with Crippen LogP contribution >= 0.6 is 0 Å². The number of para-hydroxylation sites is 2. The molecular weight excluding hydrogens is 328 g/mol. The molecule has 0 fully saturated rings. The summed E-state index contributed by atoms with van der Waals surface area (Å²) < 4.78 is 2.40. The normalized spacial score (nSPS) is 11.8. The van der Waals surface area contributed by atoms with Gasteiger partial charge in [-0.2, -0.15) is 0 Å². The third-order valence-electron chi connectivity index (χ3n) is 5.20. The van der Waals surface area contributed by atoms with Gasteiger partial charge >= 0.3 is 0 Å². The fourth-order valence-electron chi connectivity index (χ4n) is 4.07. The van der Waals surface area contributed by atoms with Crippen LogP contribution in [0.1, 0.15) is 13.8 Å². The Labute approximate surface area is 159 Å². The summed E-state index contributed by atoms with van der Waals surface area (Å²) in [6.45, 7) is 5.48. The molecule has 1 heterocycles. The lowest BCUT2D eigenvalue weighted by molar-refractivity contribution is 0.537. The zero-order valence-corrected chi connectivity index (χ0v) is 15.7. The van der Waals surface area contributed by atoms with Crippen LogP contribution in [0.2, 0.25) is 0 Å². The zero-order chi connectivity index (χ0) is 18.4. The quantitative estimate of drug-likeness (QED) is 0.332. The molecule has 132 valence electrons. The SMILES string of the molecule is CC(C)Cn1c(-c2c3ccccc3cc3ccccc23)nc2ccccc21. The monoisotopic (exact) mass is 350 g/mol. The Kier molecular flexibility index (Phi) is 3.71. The van der Waals surface area contributed by atoms with Crippen molar-refractivity contribution >= 4 is 32.6 Å². The minimum Gasteiger partial charge on any atom is -0.324 e. The molecule has 0 saturated heterocycles. The number of rotatable bonds is 3. The average Bonchev–Trinajstić information content (AvgIpc) is 3.03. The molecule has 0 radical (unpaired) electrons. The second-order valence-corrected chi connectivity index (χ2v) is 7.62. The smallest absolute Gasteiger partial charge is 0.142 e. The maximum absolute atomic E-state index is 5.10. The highest BCUT2D eigenvalue weighted by atomic mass is 15.1. The summed E-state index contributed by atoms with van der Waals surface area (Å²) in [5.41, 5.74) is 3.50. The van der Waals surface area contributed by atoms with E-state index in [1.807, 2.05) is 0 Å². The third-order valence-corrected chi connectivity index (χ3v) is 5.20. The molecule has 0 atom stereocenters. The summed E-state index contributed by atoms with van der Waals surface area (Å²) in [7, 11) is 0. The highest BCUT2D eigenvalue weighted by Crippen LogP contribution is 2.37. The number of benzene rings is 4. The minimum atomic E-state index is 0.544. The molecule has 0 bridgehead atoms. The molecule has 0 spiro atoms. The highest BCUT2D eigenvalue weighted by Gasteiger charge is 2.18. The Morgan fingerprint density at radius 1 is 0.778 bits per heavy atom. The molecule has 2 nitrogen and oxygen atoms in total. The lowest BCUT2D eigenvalue weighted by Gasteiger charge is -2.15. The van der Waals surface area contributed by atoms with Crippen LogP contribution in [0.5, 0.6) is 0 Å². The van der Waals surface area contributed by atoms with Crippen LogP contribution < -0.4 is 0 Å². The summed E-state index contributed by atoms with van der Waals surface area (Å²) >= 11 is 0. The molecule has 0 saturated carbocycles. The Morgan fingerprint density at radius 3 is 2.04 bits per heavy atom. The predicted molar refractivity (Wildman–Crippen MR) is 115 cm³/mol. The van der Waals surface area contributed by atoms with E-state index in [0.29, 0.717) is 5.92 Å². The summed E-state index contributed by atoms with van der Waals surface area (Å²) in [4.78, 5) is 5.10. The first-order chi connectivity index (χ1) is 13.2. The van der Waals surface area contributed by atoms with Gasteiger partial charge in [0.25, 0.3) is 0 Å². The molecule has 5 aromatic rings. The van der Waals surface area contributed by atoms with Gasteiger partial charge in [0.2, 0.25) is 0 Å². The summed E-state index contributed by atoms with van der Waals surface area (Å²) in [6.07, 6.45) is 0. The summed E-state index contributed by atoms with van der Waals surface area (Å²) in [6, 6.07) is 28.0. The topological polar surface area (TPSA) is 17.8 Å². The van der Waals surface area contributed by atoms with Crippen molar-refractivity contribution in [2.45, 2.75) is 20.4 Å². The standard InChI is InChI=1S/C25H22N2/c1-17(2)16-27-23-14-8-7-13-22(23)26-25(27)24-20-11-5-3-9-18(20)15-19-10-4-6-12-21(19)24/h3-15,17H,16H2,1-2H3. The number of nitrogens with zero attached hydrogens (tertiary/aromatic N) is 2. The molecule has 0 aliphatic carbocycles. The number of imidazole rings is 1. The number of fused-ring (bicyclic) bond motifs is 3. The van der Waals surface area contributed by atoms with Gasteiger partial charge in [0.15, 0.2) is 0 Å². The van der Waals surface area contributed by atoms with Crippen molar-refractivity contribution in [1.82, 2.24) is 9.55 Å². The van der Waals surface area contributed by atoms with Gasteiger partial charge < -0.3 is 4.57 Å². The van der Waals surface area contributed by atoms with Crippen molar-refractivity contribution in [3.05, 3.63) is 78.9 Å². The fourth-order valence-corrected chi connectivity index (χ4v) is 4.07. The molecule has 0 aliphatic heterocycles. The van der Waals surface area contributed by atoms with Crippen LogP contribution in [0.4, 0.5) is 0 Å². The van der Waals surface area contributed by atoms with Gasteiger partial charge in [-0.25, -0.2) is 4.98 Å². The van der Waals surface area contributed by atoms with Gasteiger partial charge in [0.1, 0.15) is 5.82 Å². The maximum Gasteiger partial charge on any atom is 0.142 e. The van der Waals surface area contributed by atoms with Crippen molar-refractivity contribution in [3.63, 3.8) is 0 Å². The number of aromatic nitrogens is 2. The molecule has 27 heavy (non-hydrogen) atoms. The Bertz CT molecular complexity index is 1220. The van der Waals surface area contributed by atoms with Crippen LogP contribution in [0, 0.1) is 5.92 Å². The van der Waals surface area contributed by atoms with Gasteiger partial charge in [0.05, 0.1) is 11.0 Å². The van der Waals surface area contributed by atoms with E-state index in [0.717, 1.165) is 17.9 Å². The average molecular weight is 350 g/mol. The first kappa shape index (κ1) is 16.1. The van der Waals surface area contributed by atoms with E-state index < -0.39 is 0 Å². The van der Waals surface area contributed by atoms with E-state index in [2.05, 4.69) is 97.3 Å². The van der Waals surface area contributed by atoms with Gasteiger partial charge in [-0.3, -0.25) is 0 Å². The minimum absolute atomic E-state index is 0.544. The molecule has 5 rings (SSSR count). The lowest BCUT2D eigenvalue weighted by atomic mass is 9.96. The van der Waals surface area contributed by atoms with Crippen molar-refractivity contribution in [2.75, 3.05) is 0 Å². The molecule has 0 N–H and O–H groups in total. The largest absolute Gasteiger partial charge is 0.324 e. The molecule has 0 unspecified atom stereocenters. The fraction of sp³-hybridized carbons (Fsp3) is 0.160. The van der Waals surface area contributed by atoms with Gasteiger partial charge in [-0.1, -0.05) is 74.5 Å². The van der Waals surface area contributed by atoms with E-state index in [1.54, 1.807) is 0 Å². The first-order valence-electron chi connectivity index (χ1n) is 9.58. The van der Waals surface area contributed by atoms with Crippen molar-refractivity contribution in [2.24, 2.45) is 5.92 Å². The molecule has 1 aromatic heterocycles. The Morgan fingerprint density at radius 2 is 1.37 bits per heavy atom. The zero-order valence-electron chi connectivity index (χ0n) is 15.7. The van der Waals surface area contributed by atoms with Gasteiger partial charge in [0, 0.05) is 12.1 Å². The van der Waals surface area contributed by atoms with E-state index in [1.165, 1.54) is 32.6 Å². The number of hydrogen-bond acceptors (Lipinski definition) is 1. The third kappa shape index (κ3) is 2.60. The highest BCUT2D eigenvalue weighted by molar-refractivity contribution is 6.12. The molecular formula is C25H22N2. The van der Waals surface area contributed by atoms with Crippen LogP contribution in [0.15, 0.2) is 78.9 Å². The summed E-state index contributed by atoms with van der Waals surface area (Å²) in [5.74, 6) is 1.61. The van der Waals surface area contributed by atoms with Gasteiger partial charge in [-0.05, 0) is 45.7 Å². The second kappa shape index (κ2) is 6.24. The van der Waals surface area contributed by atoms with Crippen molar-refractivity contribution in [1.29, 1.82) is 0 Å². The van der Waals surface area contributed by atoms with E-state index >= 15 is 0 Å². The van der Waals surface area contributed by atoms with Gasteiger partial charge in [-0.15, -0.1) is 0 Å². The van der Waals surface area contributed by atoms with Crippen LogP contribution in [0.3, 0.4) is 0 Å². The molecule has 4 aromatic carbocycles. The molecule has 0 aliphatic rings. The van der Waals surface area contributed by atoms with Crippen molar-refractivity contribution < 1.29 is 0 Å². The predicted octanol–water partition coefficient (Wildman–Crippen LogP) is 6.67. The molecule has 0 amide bonds. The van der Waals surface area contributed by atoms with Crippen LogP contribution in [-0.4, -0.2) is 9.55 Å². The van der Waals surface area contributed by atoms with E-state index in [-0.39, 0.29) is 0 Å². The van der Waals surface area contributed by atoms with Crippen LogP contribution in [0.25, 0.3) is 44.0 Å². The summed E-state index contributed by atoms with van der Waals surface area (Å²) in [5, 5.41) is 5.04. The lowest BCUT2D eigenvalue weighted by Crippen LogP contribution is -2.06.